The van der Waals surface area contributed by atoms with E-state index in [1.807, 2.05) is 54.6 Å². The zero-order chi connectivity index (χ0) is 27.2. The van der Waals surface area contributed by atoms with Crippen LogP contribution in [0, 0.1) is 5.92 Å². The number of carboxylic acids is 1. The highest BCUT2D eigenvalue weighted by Gasteiger charge is 2.31. The van der Waals surface area contributed by atoms with E-state index in [9.17, 15) is 14.7 Å². The van der Waals surface area contributed by atoms with E-state index < -0.39 is 5.97 Å². The molecule has 0 bridgehead atoms. The Bertz CT molecular complexity index is 1280. The maximum absolute atomic E-state index is 13.2. The average molecular weight is 538 g/mol. The van der Waals surface area contributed by atoms with Gasteiger partial charge in [0.1, 0.15) is 18.4 Å². The zero-order valence-corrected chi connectivity index (χ0v) is 22.5. The van der Waals surface area contributed by atoms with E-state index >= 15 is 0 Å². The first-order chi connectivity index (χ1) is 18.3. The summed E-state index contributed by atoms with van der Waals surface area (Å²) in [5.41, 5.74) is 3.75. The molecule has 200 valence electrons. The lowest BCUT2D eigenvalue weighted by molar-refractivity contribution is -0.144. The maximum Gasteiger partial charge on any atom is 0.323 e. The van der Waals surface area contributed by atoms with Crippen molar-refractivity contribution in [3.63, 3.8) is 0 Å². The van der Waals surface area contributed by atoms with Gasteiger partial charge in [-0.25, -0.2) is 0 Å². The Kier molecular flexibility index (Phi) is 8.79. The fourth-order valence-corrected chi connectivity index (χ4v) is 4.93. The Labute approximate surface area is 227 Å². The molecule has 0 saturated heterocycles. The molecule has 2 atom stereocenters. The van der Waals surface area contributed by atoms with E-state index in [4.69, 9.17) is 25.8 Å². The minimum Gasteiger partial charge on any atom is -0.497 e. The number of hydrogen-bond acceptors (Lipinski definition) is 5. The van der Waals surface area contributed by atoms with Crippen LogP contribution in [0.2, 0.25) is 5.02 Å². The third-order valence-corrected chi connectivity index (χ3v) is 7.03. The summed E-state index contributed by atoms with van der Waals surface area (Å²) < 4.78 is 17.2. The number of nitrogens with zero attached hydrogens (tertiary/aromatic N) is 1. The van der Waals surface area contributed by atoms with Gasteiger partial charge in [0.05, 0.1) is 20.6 Å². The first-order valence-electron chi connectivity index (χ1n) is 12.5. The van der Waals surface area contributed by atoms with Crippen LogP contribution >= 0.6 is 11.6 Å². The van der Waals surface area contributed by atoms with Crippen LogP contribution < -0.4 is 14.2 Å². The van der Waals surface area contributed by atoms with E-state index in [0.717, 1.165) is 34.4 Å². The molecule has 4 rings (SSSR count). The highest BCUT2D eigenvalue weighted by atomic mass is 35.5. The van der Waals surface area contributed by atoms with Gasteiger partial charge in [-0.05, 0) is 65.4 Å². The lowest BCUT2D eigenvalue weighted by atomic mass is 9.87. The second kappa shape index (κ2) is 12.2. The number of rotatable bonds is 10. The summed E-state index contributed by atoms with van der Waals surface area (Å²) in [6, 6.07) is 18.9. The summed E-state index contributed by atoms with van der Waals surface area (Å²) in [6.07, 6.45) is 1.20. The van der Waals surface area contributed by atoms with Crippen molar-refractivity contribution in [3.8, 4) is 17.2 Å². The van der Waals surface area contributed by atoms with E-state index in [0.29, 0.717) is 29.5 Å². The topological polar surface area (TPSA) is 85.3 Å². The largest absolute Gasteiger partial charge is 0.497 e. The van der Waals surface area contributed by atoms with Crippen molar-refractivity contribution in [1.82, 2.24) is 4.90 Å². The molecule has 3 aromatic carbocycles. The number of ether oxygens (including phenoxy) is 3. The Morgan fingerprint density at radius 3 is 2.37 bits per heavy atom. The molecule has 1 heterocycles. The SMILES string of the molecule is COc1ccc(CCN(CC(=O)O)C(=O)Cc2cc3c(c(OC)c2)O[C@@H](c2ccc(Cl)cc2)[C@H](C)C3)cc1. The van der Waals surface area contributed by atoms with Gasteiger partial charge in [0, 0.05) is 17.5 Å². The third-order valence-electron chi connectivity index (χ3n) is 6.78. The third kappa shape index (κ3) is 6.58. The van der Waals surface area contributed by atoms with Gasteiger partial charge < -0.3 is 24.2 Å². The van der Waals surface area contributed by atoms with Crippen molar-refractivity contribution < 1.29 is 28.9 Å². The Balaban J connectivity index is 1.50. The van der Waals surface area contributed by atoms with Gasteiger partial charge in [-0.15, -0.1) is 0 Å². The van der Waals surface area contributed by atoms with Gasteiger partial charge in [0.25, 0.3) is 0 Å². The van der Waals surface area contributed by atoms with Crippen molar-refractivity contribution in [2.75, 3.05) is 27.3 Å². The second-order valence-corrected chi connectivity index (χ2v) is 9.98. The number of carbonyl (C=O) groups is 2. The van der Waals surface area contributed by atoms with Crippen molar-refractivity contribution in [3.05, 3.63) is 87.9 Å². The Hall–Kier alpha value is -3.71. The molecule has 0 unspecified atom stereocenters. The van der Waals surface area contributed by atoms with Gasteiger partial charge >= 0.3 is 5.97 Å². The van der Waals surface area contributed by atoms with Crippen LogP contribution in [0.15, 0.2) is 60.7 Å². The number of aliphatic carboxylic acids is 1. The molecule has 0 aromatic heterocycles. The van der Waals surface area contributed by atoms with Gasteiger partial charge in [0.15, 0.2) is 11.5 Å². The number of fused-ring (bicyclic) bond motifs is 1. The molecule has 0 saturated carbocycles. The molecule has 3 aromatic rings. The lowest BCUT2D eigenvalue weighted by Crippen LogP contribution is -2.38. The number of halogens is 1. The van der Waals surface area contributed by atoms with Crippen molar-refractivity contribution in [2.45, 2.75) is 32.3 Å². The van der Waals surface area contributed by atoms with E-state index in [1.54, 1.807) is 20.3 Å². The van der Waals surface area contributed by atoms with Crippen LogP contribution in [0.3, 0.4) is 0 Å². The van der Waals surface area contributed by atoms with Crippen molar-refractivity contribution in [2.24, 2.45) is 5.92 Å². The summed E-state index contributed by atoms with van der Waals surface area (Å²) in [5, 5.41) is 10.1. The predicted molar refractivity (Wildman–Crippen MR) is 145 cm³/mol. The van der Waals surface area contributed by atoms with Crippen LogP contribution in [-0.4, -0.2) is 49.2 Å². The highest BCUT2D eigenvalue weighted by Crippen LogP contribution is 2.44. The molecule has 0 aliphatic carbocycles. The molecular weight excluding hydrogens is 506 g/mol. The summed E-state index contributed by atoms with van der Waals surface area (Å²) >= 11 is 6.06. The van der Waals surface area contributed by atoms with Gasteiger partial charge in [-0.3, -0.25) is 9.59 Å². The minimum atomic E-state index is -1.05. The fraction of sp³-hybridized carbons (Fsp3) is 0.333. The lowest BCUT2D eigenvalue weighted by Gasteiger charge is -2.33. The van der Waals surface area contributed by atoms with Crippen LogP contribution in [0.5, 0.6) is 17.2 Å². The van der Waals surface area contributed by atoms with Gasteiger partial charge in [0.2, 0.25) is 5.91 Å². The number of hydrogen-bond donors (Lipinski definition) is 1. The first-order valence-corrected chi connectivity index (χ1v) is 12.9. The standard InChI is InChI=1S/C30H32ClNO6/c1-19-14-23-15-21(16-26(37-3)30(23)38-29(19)22-6-8-24(31)9-7-22)17-27(33)32(18-28(34)35)13-12-20-4-10-25(36-2)11-5-20/h4-11,15-16,19,29H,12-14,17-18H2,1-3H3,(H,34,35)/t19-,29-/m1/s1. The maximum atomic E-state index is 13.2. The summed E-state index contributed by atoms with van der Waals surface area (Å²) in [7, 11) is 3.17. The highest BCUT2D eigenvalue weighted by molar-refractivity contribution is 6.30. The number of carbonyl (C=O) groups excluding carboxylic acids is 1. The van der Waals surface area contributed by atoms with Gasteiger partial charge in [-0.2, -0.15) is 0 Å². The van der Waals surface area contributed by atoms with Gasteiger partial charge in [-0.1, -0.05) is 48.9 Å². The molecule has 38 heavy (non-hydrogen) atoms. The minimum absolute atomic E-state index is 0.0640. The molecule has 0 radical (unpaired) electrons. The quantitative estimate of drug-likeness (QED) is 0.374. The van der Waals surface area contributed by atoms with Crippen LogP contribution in [0.4, 0.5) is 0 Å². The molecule has 1 amide bonds. The summed E-state index contributed by atoms with van der Waals surface area (Å²) in [4.78, 5) is 26.1. The number of methoxy groups -OCH3 is 2. The molecule has 0 spiro atoms. The molecule has 1 aliphatic heterocycles. The van der Waals surface area contributed by atoms with E-state index in [1.165, 1.54) is 4.90 Å². The number of benzene rings is 3. The smallest absolute Gasteiger partial charge is 0.323 e. The van der Waals surface area contributed by atoms with Crippen LogP contribution in [0.1, 0.15) is 35.3 Å². The summed E-state index contributed by atoms with van der Waals surface area (Å²) in [6.45, 7) is 2.06. The second-order valence-electron chi connectivity index (χ2n) is 9.54. The van der Waals surface area contributed by atoms with Crippen molar-refractivity contribution >= 4 is 23.5 Å². The average Bonchev–Trinajstić information content (AvgIpc) is 2.90. The molecule has 8 heteroatoms. The Morgan fingerprint density at radius 2 is 1.74 bits per heavy atom. The zero-order valence-electron chi connectivity index (χ0n) is 21.8. The normalized spacial score (nSPS) is 16.2. The number of carboxylic acid groups (broad SMARTS) is 1. The van der Waals surface area contributed by atoms with E-state index in [-0.39, 0.29) is 30.9 Å². The van der Waals surface area contributed by atoms with Crippen molar-refractivity contribution in [1.29, 1.82) is 0 Å². The molecular formula is C30H32ClNO6. The van der Waals surface area contributed by atoms with Crippen LogP contribution in [-0.2, 0) is 28.9 Å². The Morgan fingerprint density at radius 1 is 1.03 bits per heavy atom. The monoisotopic (exact) mass is 537 g/mol. The predicted octanol–water partition coefficient (Wildman–Crippen LogP) is 5.37. The molecule has 1 aliphatic rings. The van der Waals surface area contributed by atoms with E-state index in [2.05, 4.69) is 6.92 Å². The van der Waals surface area contributed by atoms with Crippen LogP contribution in [0.25, 0.3) is 0 Å². The molecule has 1 N–H and O–H groups in total. The summed E-state index contributed by atoms with van der Waals surface area (Å²) in [5.74, 6) is 0.847. The molecule has 0 fully saturated rings. The fourth-order valence-electron chi connectivity index (χ4n) is 4.81. The first kappa shape index (κ1) is 27.3. The number of amides is 1. The molecule has 7 nitrogen and oxygen atoms in total.